The quantitative estimate of drug-likeness (QED) is 0.935. The first-order chi connectivity index (χ1) is 11.0. The molecule has 0 spiro atoms. The van der Waals surface area contributed by atoms with Crippen LogP contribution in [0.2, 0.25) is 5.02 Å². The summed E-state index contributed by atoms with van der Waals surface area (Å²) < 4.78 is 1.62. The van der Waals surface area contributed by atoms with Gasteiger partial charge in [0, 0.05) is 38.6 Å². The van der Waals surface area contributed by atoms with E-state index in [2.05, 4.69) is 20.3 Å². The summed E-state index contributed by atoms with van der Waals surface area (Å²) in [6.45, 7) is 3.60. The van der Waals surface area contributed by atoms with Gasteiger partial charge < -0.3 is 10.2 Å². The van der Waals surface area contributed by atoms with Gasteiger partial charge in [0.2, 0.25) is 0 Å². The molecule has 0 radical (unpaired) electrons. The first kappa shape index (κ1) is 15.8. The Balaban J connectivity index is 1.58. The molecule has 1 aliphatic heterocycles. The van der Waals surface area contributed by atoms with E-state index in [0.29, 0.717) is 10.7 Å². The fourth-order valence-electron chi connectivity index (χ4n) is 2.97. The standard InChI is InChI=1S/C16H20ClN5O/c1-11-9-15(21(2)20-11)16(23)19-12-4-7-22(8-5-12)14-3-6-18-10-13(14)17/h3,6,9-10,12H,4-5,7-8H2,1-2H3,(H,19,23). The van der Waals surface area contributed by atoms with E-state index in [-0.39, 0.29) is 11.9 Å². The smallest absolute Gasteiger partial charge is 0.269 e. The fourth-order valence-corrected chi connectivity index (χ4v) is 3.21. The number of anilines is 1. The molecule has 3 heterocycles. The molecule has 7 heteroatoms. The van der Waals surface area contributed by atoms with Gasteiger partial charge >= 0.3 is 0 Å². The maximum atomic E-state index is 12.3. The van der Waals surface area contributed by atoms with E-state index in [0.717, 1.165) is 37.3 Å². The van der Waals surface area contributed by atoms with Gasteiger partial charge in [0.05, 0.1) is 16.4 Å². The Hall–Kier alpha value is -2.08. The minimum atomic E-state index is -0.0616. The van der Waals surface area contributed by atoms with Gasteiger partial charge in [-0.3, -0.25) is 14.5 Å². The van der Waals surface area contributed by atoms with Crippen LogP contribution in [-0.2, 0) is 7.05 Å². The maximum Gasteiger partial charge on any atom is 0.269 e. The summed E-state index contributed by atoms with van der Waals surface area (Å²) in [4.78, 5) is 18.6. The van der Waals surface area contributed by atoms with Crippen molar-refractivity contribution in [2.24, 2.45) is 7.05 Å². The summed E-state index contributed by atoms with van der Waals surface area (Å²) >= 11 is 6.19. The number of rotatable bonds is 3. The lowest BCUT2D eigenvalue weighted by atomic mass is 10.0. The van der Waals surface area contributed by atoms with Gasteiger partial charge in [0.25, 0.3) is 5.91 Å². The summed E-state index contributed by atoms with van der Waals surface area (Å²) in [5, 5.41) is 7.98. The second-order valence-electron chi connectivity index (χ2n) is 5.86. The molecule has 1 saturated heterocycles. The van der Waals surface area contributed by atoms with Gasteiger partial charge in [-0.2, -0.15) is 5.10 Å². The van der Waals surface area contributed by atoms with Gasteiger partial charge in [0.1, 0.15) is 5.69 Å². The van der Waals surface area contributed by atoms with Gasteiger partial charge in [-0.15, -0.1) is 0 Å². The summed E-state index contributed by atoms with van der Waals surface area (Å²) in [5.41, 5.74) is 2.45. The average Bonchev–Trinajstić information content (AvgIpc) is 2.87. The van der Waals surface area contributed by atoms with Crippen molar-refractivity contribution in [2.45, 2.75) is 25.8 Å². The zero-order chi connectivity index (χ0) is 16.4. The molecule has 0 saturated carbocycles. The number of hydrogen-bond acceptors (Lipinski definition) is 4. The van der Waals surface area contributed by atoms with Crippen molar-refractivity contribution in [3.05, 3.63) is 40.9 Å². The molecule has 23 heavy (non-hydrogen) atoms. The van der Waals surface area contributed by atoms with Crippen LogP contribution in [0, 0.1) is 6.92 Å². The number of nitrogens with zero attached hydrogens (tertiary/aromatic N) is 4. The molecule has 6 nitrogen and oxygen atoms in total. The first-order valence-corrected chi connectivity index (χ1v) is 8.08. The highest BCUT2D eigenvalue weighted by atomic mass is 35.5. The summed E-state index contributed by atoms with van der Waals surface area (Å²) in [7, 11) is 1.79. The molecule has 122 valence electrons. The van der Waals surface area contributed by atoms with Crippen LogP contribution in [0.25, 0.3) is 0 Å². The van der Waals surface area contributed by atoms with Gasteiger partial charge in [-0.25, -0.2) is 0 Å². The third-order valence-corrected chi connectivity index (χ3v) is 4.45. The Morgan fingerprint density at radius 1 is 1.39 bits per heavy atom. The molecular weight excluding hydrogens is 314 g/mol. The molecule has 1 amide bonds. The molecule has 0 atom stereocenters. The van der Waals surface area contributed by atoms with Gasteiger partial charge in [-0.05, 0) is 31.9 Å². The van der Waals surface area contributed by atoms with Crippen LogP contribution >= 0.6 is 11.6 Å². The van der Waals surface area contributed by atoms with E-state index in [4.69, 9.17) is 11.6 Å². The summed E-state index contributed by atoms with van der Waals surface area (Å²) in [5.74, 6) is -0.0616. The van der Waals surface area contributed by atoms with E-state index in [9.17, 15) is 4.79 Å². The van der Waals surface area contributed by atoms with Gasteiger partial charge in [-0.1, -0.05) is 11.6 Å². The first-order valence-electron chi connectivity index (χ1n) is 7.70. The van der Waals surface area contributed by atoms with Crippen molar-refractivity contribution < 1.29 is 4.79 Å². The number of amides is 1. The number of hydrogen-bond donors (Lipinski definition) is 1. The molecule has 3 rings (SSSR count). The molecule has 0 aliphatic carbocycles. The molecule has 0 unspecified atom stereocenters. The van der Waals surface area contributed by atoms with Crippen molar-refractivity contribution in [1.29, 1.82) is 0 Å². The van der Waals surface area contributed by atoms with Crippen molar-refractivity contribution >= 4 is 23.2 Å². The zero-order valence-electron chi connectivity index (χ0n) is 13.3. The third kappa shape index (κ3) is 3.47. The molecular formula is C16H20ClN5O. The molecule has 0 aromatic carbocycles. The van der Waals surface area contributed by atoms with Gasteiger partial charge in [0.15, 0.2) is 0 Å². The lowest BCUT2D eigenvalue weighted by Gasteiger charge is -2.34. The number of pyridine rings is 1. The Kier molecular flexibility index (Phi) is 4.52. The second-order valence-corrected chi connectivity index (χ2v) is 6.26. The number of halogens is 1. The van der Waals surface area contributed by atoms with Crippen molar-refractivity contribution in [1.82, 2.24) is 20.1 Å². The number of carbonyl (C=O) groups excluding carboxylic acids is 1. The van der Waals surface area contributed by atoms with E-state index < -0.39 is 0 Å². The lowest BCUT2D eigenvalue weighted by molar-refractivity contribution is 0.0921. The van der Waals surface area contributed by atoms with Crippen molar-refractivity contribution in [3.8, 4) is 0 Å². The average molecular weight is 334 g/mol. The Labute approximate surface area is 140 Å². The molecule has 1 aliphatic rings. The van der Waals surface area contributed by atoms with Crippen LogP contribution in [0.15, 0.2) is 24.5 Å². The Morgan fingerprint density at radius 2 is 2.13 bits per heavy atom. The van der Waals surface area contributed by atoms with Crippen LogP contribution in [-0.4, -0.2) is 39.8 Å². The van der Waals surface area contributed by atoms with Crippen LogP contribution in [0.1, 0.15) is 29.0 Å². The number of aryl methyl sites for hydroxylation is 2. The highest BCUT2D eigenvalue weighted by Gasteiger charge is 2.23. The number of carbonyl (C=O) groups is 1. The topological polar surface area (TPSA) is 63.1 Å². The third-order valence-electron chi connectivity index (χ3n) is 4.16. The molecule has 1 fully saturated rings. The molecule has 2 aromatic heterocycles. The zero-order valence-corrected chi connectivity index (χ0v) is 14.0. The van der Waals surface area contributed by atoms with E-state index in [1.165, 1.54) is 0 Å². The van der Waals surface area contributed by atoms with Crippen molar-refractivity contribution in [2.75, 3.05) is 18.0 Å². The number of piperidine rings is 1. The SMILES string of the molecule is Cc1cc(C(=O)NC2CCN(c3ccncc3Cl)CC2)n(C)n1. The Morgan fingerprint density at radius 3 is 2.74 bits per heavy atom. The highest BCUT2D eigenvalue weighted by molar-refractivity contribution is 6.33. The van der Waals surface area contributed by atoms with Crippen LogP contribution in [0.4, 0.5) is 5.69 Å². The minimum Gasteiger partial charge on any atom is -0.370 e. The molecule has 0 bridgehead atoms. The summed E-state index contributed by atoms with van der Waals surface area (Å²) in [6, 6.07) is 3.91. The Bertz CT molecular complexity index is 706. The fraction of sp³-hybridized carbons (Fsp3) is 0.438. The summed E-state index contributed by atoms with van der Waals surface area (Å²) in [6.07, 6.45) is 5.19. The predicted octanol–water partition coefficient (Wildman–Crippen LogP) is 2.18. The number of nitrogens with one attached hydrogen (secondary N) is 1. The lowest BCUT2D eigenvalue weighted by Crippen LogP contribution is -2.45. The van der Waals surface area contributed by atoms with Crippen LogP contribution in [0.5, 0.6) is 0 Å². The minimum absolute atomic E-state index is 0.0616. The normalized spacial score (nSPS) is 15.7. The van der Waals surface area contributed by atoms with Crippen molar-refractivity contribution in [3.63, 3.8) is 0 Å². The second kappa shape index (κ2) is 6.58. The predicted molar refractivity (Wildman–Crippen MR) is 89.9 cm³/mol. The van der Waals surface area contributed by atoms with E-state index >= 15 is 0 Å². The van der Waals surface area contributed by atoms with E-state index in [1.54, 1.807) is 30.2 Å². The largest absolute Gasteiger partial charge is 0.370 e. The molecule has 2 aromatic rings. The van der Waals surface area contributed by atoms with E-state index in [1.807, 2.05) is 13.0 Å². The van der Waals surface area contributed by atoms with Crippen LogP contribution < -0.4 is 10.2 Å². The maximum absolute atomic E-state index is 12.3. The monoisotopic (exact) mass is 333 g/mol. The number of aromatic nitrogens is 3. The highest BCUT2D eigenvalue weighted by Crippen LogP contribution is 2.27. The van der Waals surface area contributed by atoms with Crippen LogP contribution in [0.3, 0.4) is 0 Å². The molecule has 1 N–H and O–H groups in total.